The fourth-order valence-electron chi connectivity index (χ4n) is 1.95. The number of methoxy groups -OCH3 is 1. The topological polar surface area (TPSA) is 94.3 Å². The van der Waals surface area contributed by atoms with Crippen molar-refractivity contribution >= 4 is 27.0 Å². The fraction of sp³-hybridized carbons (Fsp3) is 0.200. The first-order valence-corrected chi connectivity index (χ1v) is 9.46. The van der Waals surface area contributed by atoms with E-state index in [-0.39, 0.29) is 4.21 Å². The van der Waals surface area contributed by atoms with E-state index in [1.54, 1.807) is 36.8 Å². The molecule has 0 amide bonds. The molecule has 0 aliphatic rings. The Morgan fingerprint density at radius 2 is 2.04 bits per heavy atom. The van der Waals surface area contributed by atoms with E-state index in [0.717, 1.165) is 11.3 Å². The lowest BCUT2D eigenvalue weighted by Gasteiger charge is -2.06. The normalized spacial score (nSPS) is 11.4. The molecule has 0 aliphatic heterocycles. The van der Waals surface area contributed by atoms with Crippen LogP contribution in [0.3, 0.4) is 0 Å². The van der Waals surface area contributed by atoms with Gasteiger partial charge in [0.2, 0.25) is 11.7 Å². The molecule has 0 radical (unpaired) electrons. The minimum absolute atomic E-state index is 0.177. The fourth-order valence-corrected chi connectivity index (χ4v) is 4.17. The van der Waals surface area contributed by atoms with Gasteiger partial charge in [-0.1, -0.05) is 12.1 Å². The van der Waals surface area contributed by atoms with E-state index in [1.165, 1.54) is 6.07 Å². The van der Waals surface area contributed by atoms with Gasteiger partial charge in [-0.25, -0.2) is 8.42 Å². The molecule has 0 spiro atoms. The van der Waals surface area contributed by atoms with Crippen molar-refractivity contribution in [1.82, 2.24) is 10.1 Å². The van der Waals surface area contributed by atoms with Gasteiger partial charge in [0.15, 0.2) is 0 Å². The monoisotopic (exact) mass is 365 g/mol. The molecule has 126 valence electrons. The molecule has 3 aromatic rings. The molecule has 0 bridgehead atoms. The van der Waals surface area contributed by atoms with Gasteiger partial charge in [-0.3, -0.25) is 4.72 Å². The van der Waals surface area contributed by atoms with Crippen LogP contribution in [0.5, 0.6) is 5.75 Å². The quantitative estimate of drug-likeness (QED) is 0.721. The molecule has 9 heteroatoms. The zero-order valence-electron chi connectivity index (χ0n) is 13.0. The summed E-state index contributed by atoms with van der Waals surface area (Å²) in [5.74, 6) is 1.55. The highest BCUT2D eigenvalue weighted by Gasteiger charge is 2.19. The average Bonchev–Trinajstić information content (AvgIpc) is 3.24. The number of aromatic nitrogens is 2. The Kier molecular flexibility index (Phi) is 4.54. The number of anilines is 1. The van der Waals surface area contributed by atoms with E-state index >= 15 is 0 Å². The van der Waals surface area contributed by atoms with Gasteiger partial charge in [-0.2, -0.15) is 4.98 Å². The van der Waals surface area contributed by atoms with E-state index in [9.17, 15) is 8.42 Å². The Morgan fingerprint density at radius 1 is 1.29 bits per heavy atom. The van der Waals surface area contributed by atoms with Crippen molar-refractivity contribution in [2.24, 2.45) is 0 Å². The number of thiophene rings is 1. The number of rotatable bonds is 6. The van der Waals surface area contributed by atoms with Crippen molar-refractivity contribution in [3.63, 3.8) is 0 Å². The van der Waals surface area contributed by atoms with Crippen molar-refractivity contribution < 1.29 is 17.7 Å². The Bertz CT molecular complexity index is 930. The molecule has 2 aromatic heterocycles. The third kappa shape index (κ3) is 3.41. The number of benzene rings is 1. The summed E-state index contributed by atoms with van der Waals surface area (Å²) >= 11 is 1.10. The SMILES string of the molecule is CCc1nc(-c2csc(S(=O)(=O)Nc3ccc(OC)cc3)c2)no1. The number of ether oxygens (including phenoxy) is 1. The average molecular weight is 365 g/mol. The molecule has 3 rings (SSSR count). The Balaban J connectivity index is 1.81. The van der Waals surface area contributed by atoms with Crippen LogP contribution in [-0.2, 0) is 16.4 Å². The maximum Gasteiger partial charge on any atom is 0.271 e. The van der Waals surface area contributed by atoms with Crippen molar-refractivity contribution in [2.45, 2.75) is 17.6 Å². The second-order valence-corrected chi connectivity index (χ2v) is 7.67. The molecule has 0 unspecified atom stereocenters. The van der Waals surface area contributed by atoms with Gasteiger partial charge in [0, 0.05) is 23.1 Å². The van der Waals surface area contributed by atoms with Crippen LogP contribution in [0, 0.1) is 0 Å². The van der Waals surface area contributed by atoms with Crippen LogP contribution in [0.4, 0.5) is 5.69 Å². The second-order valence-electron chi connectivity index (χ2n) is 4.85. The number of aryl methyl sites for hydroxylation is 1. The molecule has 0 atom stereocenters. The van der Waals surface area contributed by atoms with Crippen molar-refractivity contribution in [3.05, 3.63) is 41.6 Å². The van der Waals surface area contributed by atoms with E-state index in [2.05, 4.69) is 14.9 Å². The van der Waals surface area contributed by atoms with Crippen LogP contribution in [-0.4, -0.2) is 25.7 Å². The summed E-state index contributed by atoms with van der Waals surface area (Å²) in [4.78, 5) is 4.20. The van der Waals surface area contributed by atoms with E-state index in [4.69, 9.17) is 9.26 Å². The van der Waals surface area contributed by atoms with Gasteiger partial charge in [0.1, 0.15) is 9.96 Å². The summed E-state index contributed by atoms with van der Waals surface area (Å²) in [6, 6.07) is 8.17. The number of hydrogen-bond donors (Lipinski definition) is 1. The Morgan fingerprint density at radius 3 is 2.67 bits per heavy atom. The first-order valence-electron chi connectivity index (χ1n) is 7.10. The summed E-state index contributed by atoms with van der Waals surface area (Å²) < 4.78 is 37.7. The number of nitrogens with one attached hydrogen (secondary N) is 1. The lowest BCUT2D eigenvalue weighted by molar-refractivity contribution is 0.383. The lowest BCUT2D eigenvalue weighted by Crippen LogP contribution is -2.11. The number of hydrogen-bond acceptors (Lipinski definition) is 7. The van der Waals surface area contributed by atoms with Gasteiger partial charge in [0.25, 0.3) is 10.0 Å². The molecular formula is C15H15N3O4S2. The summed E-state index contributed by atoms with van der Waals surface area (Å²) in [6.07, 6.45) is 0.626. The van der Waals surface area contributed by atoms with Crippen LogP contribution in [0.2, 0.25) is 0 Å². The van der Waals surface area contributed by atoms with Gasteiger partial charge < -0.3 is 9.26 Å². The smallest absolute Gasteiger partial charge is 0.271 e. The van der Waals surface area contributed by atoms with Gasteiger partial charge in [-0.15, -0.1) is 11.3 Å². The minimum Gasteiger partial charge on any atom is -0.497 e. The summed E-state index contributed by atoms with van der Waals surface area (Å²) in [7, 11) is -2.13. The predicted octanol–water partition coefficient (Wildman–Crippen LogP) is 3.17. The molecular weight excluding hydrogens is 350 g/mol. The maximum absolute atomic E-state index is 12.5. The standard InChI is InChI=1S/C15H15N3O4S2/c1-3-13-16-15(17-22-13)10-8-14(23-9-10)24(19,20)18-11-4-6-12(21-2)7-5-11/h4-9,18H,3H2,1-2H3. The van der Waals surface area contributed by atoms with Gasteiger partial charge in [0.05, 0.1) is 7.11 Å². The molecule has 0 aliphatic carbocycles. The van der Waals surface area contributed by atoms with E-state index < -0.39 is 10.0 Å². The van der Waals surface area contributed by atoms with Crippen molar-refractivity contribution in [2.75, 3.05) is 11.8 Å². The highest BCUT2D eigenvalue weighted by Crippen LogP contribution is 2.28. The van der Waals surface area contributed by atoms with Crippen LogP contribution in [0.25, 0.3) is 11.4 Å². The van der Waals surface area contributed by atoms with Gasteiger partial charge >= 0.3 is 0 Å². The first kappa shape index (κ1) is 16.5. The minimum atomic E-state index is -3.68. The molecule has 0 fully saturated rings. The second kappa shape index (κ2) is 6.62. The first-order chi connectivity index (χ1) is 11.5. The highest BCUT2D eigenvalue weighted by atomic mass is 32.2. The van der Waals surface area contributed by atoms with Crippen LogP contribution >= 0.6 is 11.3 Å². The lowest BCUT2D eigenvalue weighted by atomic mass is 10.3. The third-order valence-corrected chi connectivity index (χ3v) is 6.03. The molecule has 7 nitrogen and oxygen atoms in total. The Labute approximate surface area is 143 Å². The molecule has 24 heavy (non-hydrogen) atoms. The zero-order valence-corrected chi connectivity index (χ0v) is 14.6. The van der Waals surface area contributed by atoms with Crippen molar-refractivity contribution in [3.8, 4) is 17.1 Å². The highest BCUT2D eigenvalue weighted by molar-refractivity contribution is 7.94. The van der Waals surface area contributed by atoms with E-state index in [0.29, 0.717) is 35.1 Å². The van der Waals surface area contributed by atoms with Crippen LogP contribution < -0.4 is 9.46 Å². The number of nitrogens with zero attached hydrogens (tertiary/aromatic N) is 2. The molecule has 1 aromatic carbocycles. The predicted molar refractivity (Wildman–Crippen MR) is 90.8 cm³/mol. The van der Waals surface area contributed by atoms with Crippen LogP contribution in [0.1, 0.15) is 12.8 Å². The Hall–Kier alpha value is -2.39. The van der Waals surface area contributed by atoms with Crippen LogP contribution in [0.15, 0.2) is 44.4 Å². The molecule has 0 saturated carbocycles. The third-order valence-electron chi connectivity index (χ3n) is 3.21. The zero-order chi connectivity index (χ0) is 17.2. The summed E-state index contributed by atoms with van der Waals surface area (Å²) in [5.41, 5.74) is 1.07. The molecule has 2 heterocycles. The maximum atomic E-state index is 12.5. The van der Waals surface area contributed by atoms with Gasteiger partial charge in [-0.05, 0) is 30.3 Å². The molecule has 0 saturated heterocycles. The summed E-state index contributed by atoms with van der Waals surface area (Å²) in [6.45, 7) is 1.90. The largest absolute Gasteiger partial charge is 0.497 e. The van der Waals surface area contributed by atoms with Crippen molar-refractivity contribution in [1.29, 1.82) is 0 Å². The summed E-state index contributed by atoms with van der Waals surface area (Å²) in [5, 5.41) is 5.53. The number of sulfonamides is 1. The van der Waals surface area contributed by atoms with E-state index in [1.807, 2.05) is 6.92 Å². The molecule has 1 N–H and O–H groups in total.